The maximum Gasteiger partial charge on any atom is 0.472 e. The van der Waals surface area contributed by atoms with Crippen molar-refractivity contribution < 1.29 is 47.5 Å². The number of nitrogens with two attached hydrogens (primary N) is 1. The average Bonchev–Trinajstić information content (AvgIpc) is 3.14. The Bertz CT molecular complexity index is 1020. The van der Waals surface area contributed by atoms with Gasteiger partial charge in [0.1, 0.15) is 12.6 Å². The monoisotopic (exact) mass is 788 g/mol. The molecule has 0 heterocycles. The number of carboxylic acid groups (broad SMARTS) is 1. The van der Waals surface area contributed by atoms with Gasteiger partial charge in [-0.05, 0) is 44.9 Å². The molecule has 0 saturated carbocycles. The van der Waals surface area contributed by atoms with Crippen molar-refractivity contribution in [3.8, 4) is 0 Å². The molecule has 0 saturated heterocycles. The fraction of sp³-hybridized carbons (Fsp3) is 0.833. The van der Waals surface area contributed by atoms with Crippen LogP contribution in [-0.4, -0.2) is 59.9 Å². The van der Waals surface area contributed by atoms with Gasteiger partial charge in [-0.15, -0.1) is 0 Å². The zero-order chi connectivity index (χ0) is 40.0. The standard InChI is InChI=1S/C42H78NO10P/c1-3-5-7-9-11-13-15-17-18-19-20-22-23-25-27-29-31-33-40(44)50-35-38(36-51-54(48,49)52-37-39(43)42(46)47)53-41(45)34-32-30-28-26-24-21-16-14-12-10-8-6-4-2/h11,13,17-18,38-39H,3-10,12,14-16,19-37,43H2,1-2H3,(H,46,47)(H,48,49)/b13-11-,18-17-/t38-,39+/m1/s1. The van der Waals surface area contributed by atoms with Crippen LogP contribution in [0.3, 0.4) is 0 Å². The molecule has 1 unspecified atom stereocenters. The quantitative estimate of drug-likeness (QED) is 0.0233. The molecule has 0 fully saturated rings. The van der Waals surface area contributed by atoms with Gasteiger partial charge in [0.25, 0.3) is 0 Å². The summed E-state index contributed by atoms with van der Waals surface area (Å²) in [4.78, 5) is 45.9. The normalized spacial score (nSPS) is 14.0. The molecule has 0 aromatic heterocycles. The van der Waals surface area contributed by atoms with Gasteiger partial charge in [0.2, 0.25) is 0 Å². The van der Waals surface area contributed by atoms with Crippen molar-refractivity contribution in [1.29, 1.82) is 0 Å². The van der Waals surface area contributed by atoms with E-state index in [1.807, 2.05) is 0 Å². The first-order chi connectivity index (χ1) is 26.1. The fourth-order valence-corrected chi connectivity index (χ4v) is 6.58. The van der Waals surface area contributed by atoms with Crippen LogP contribution >= 0.6 is 7.82 Å². The summed E-state index contributed by atoms with van der Waals surface area (Å²) < 4.78 is 32.7. The van der Waals surface area contributed by atoms with E-state index in [9.17, 15) is 23.8 Å². The highest BCUT2D eigenvalue weighted by Crippen LogP contribution is 2.43. The lowest BCUT2D eigenvalue weighted by atomic mass is 10.0. The molecule has 4 N–H and O–H groups in total. The van der Waals surface area contributed by atoms with Crippen molar-refractivity contribution >= 4 is 25.7 Å². The molecule has 11 nitrogen and oxygen atoms in total. The number of phosphoric ester groups is 1. The molecule has 0 spiro atoms. The number of carbonyl (C=O) groups is 3. The number of phosphoric acid groups is 1. The lowest BCUT2D eigenvalue weighted by Crippen LogP contribution is -2.34. The Kier molecular flexibility index (Phi) is 36.4. The summed E-state index contributed by atoms with van der Waals surface area (Å²) in [6, 6.07) is -1.52. The zero-order valence-electron chi connectivity index (χ0n) is 34.1. The number of rotatable bonds is 40. The summed E-state index contributed by atoms with van der Waals surface area (Å²) in [5, 5.41) is 8.88. The lowest BCUT2D eigenvalue weighted by Gasteiger charge is -2.20. The molecule has 0 radical (unpaired) electrons. The molecule has 0 amide bonds. The van der Waals surface area contributed by atoms with E-state index in [0.29, 0.717) is 12.8 Å². The first-order valence-corrected chi connectivity index (χ1v) is 22.9. The third kappa shape index (κ3) is 36.9. The predicted molar refractivity (Wildman–Crippen MR) is 217 cm³/mol. The van der Waals surface area contributed by atoms with Crippen molar-refractivity contribution in [1.82, 2.24) is 0 Å². The number of allylic oxidation sites excluding steroid dienone is 4. The van der Waals surface area contributed by atoms with Gasteiger partial charge in [-0.2, -0.15) is 0 Å². The number of carboxylic acids is 1. The predicted octanol–water partition coefficient (Wildman–Crippen LogP) is 11.1. The Morgan fingerprint density at radius 2 is 0.981 bits per heavy atom. The van der Waals surface area contributed by atoms with E-state index in [1.165, 1.54) is 103 Å². The van der Waals surface area contributed by atoms with Crippen LogP contribution in [0.1, 0.15) is 194 Å². The molecular weight excluding hydrogens is 709 g/mol. The second kappa shape index (κ2) is 37.9. The number of hydrogen-bond acceptors (Lipinski definition) is 9. The molecule has 0 bridgehead atoms. The highest BCUT2D eigenvalue weighted by molar-refractivity contribution is 7.47. The van der Waals surface area contributed by atoms with Crippen LogP contribution in [-0.2, 0) is 37.5 Å². The van der Waals surface area contributed by atoms with E-state index >= 15 is 0 Å². The van der Waals surface area contributed by atoms with Crippen LogP contribution in [0.15, 0.2) is 24.3 Å². The summed E-state index contributed by atoms with van der Waals surface area (Å²) in [6.07, 6.45) is 38.1. The van der Waals surface area contributed by atoms with Crippen molar-refractivity contribution in [2.24, 2.45) is 5.73 Å². The Hall–Kier alpha value is -2.04. The van der Waals surface area contributed by atoms with E-state index in [1.54, 1.807) is 0 Å². The van der Waals surface area contributed by atoms with Crippen LogP contribution in [0.2, 0.25) is 0 Å². The maximum atomic E-state index is 12.6. The molecule has 0 aliphatic carbocycles. The fourth-order valence-electron chi connectivity index (χ4n) is 5.80. The van der Waals surface area contributed by atoms with Gasteiger partial charge in [0.05, 0.1) is 13.2 Å². The van der Waals surface area contributed by atoms with Gasteiger partial charge in [0.15, 0.2) is 6.10 Å². The highest BCUT2D eigenvalue weighted by atomic mass is 31.2. The third-order valence-electron chi connectivity index (χ3n) is 9.20. The van der Waals surface area contributed by atoms with Crippen LogP contribution in [0.4, 0.5) is 0 Å². The summed E-state index contributed by atoms with van der Waals surface area (Å²) in [7, 11) is -4.71. The van der Waals surface area contributed by atoms with Crippen molar-refractivity contribution in [2.45, 2.75) is 206 Å². The number of hydrogen-bond donors (Lipinski definition) is 3. The van der Waals surface area contributed by atoms with E-state index in [4.69, 9.17) is 24.8 Å². The summed E-state index contributed by atoms with van der Waals surface area (Å²) in [6.45, 7) is 2.77. The lowest BCUT2D eigenvalue weighted by molar-refractivity contribution is -0.161. The largest absolute Gasteiger partial charge is 0.480 e. The molecule has 316 valence electrons. The highest BCUT2D eigenvalue weighted by Gasteiger charge is 2.28. The molecule has 12 heteroatoms. The second-order valence-corrected chi connectivity index (χ2v) is 15.9. The smallest absolute Gasteiger partial charge is 0.472 e. The topological polar surface area (TPSA) is 172 Å². The minimum Gasteiger partial charge on any atom is -0.480 e. The van der Waals surface area contributed by atoms with Gasteiger partial charge in [-0.25, -0.2) is 4.57 Å². The molecule has 0 aliphatic heterocycles. The van der Waals surface area contributed by atoms with E-state index < -0.39 is 51.1 Å². The molecule has 0 aromatic carbocycles. The third-order valence-corrected chi connectivity index (χ3v) is 10.2. The van der Waals surface area contributed by atoms with Crippen LogP contribution in [0, 0.1) is 0 Å². The van der Waals surface area contributed by atoms with Gasteiger partial charge in [-0.1, -0.05) is 160 Å². The number of unbranched alkanes of at least 4 members (excludes halogenated alkanes) is 22. The minimum absolute atomic E-state index is 0.163. The van der Waals surface area contributed by atoms with E-state index in [0.717, 1.165) is 51.4 Å². The molecule has 0 aromatic rings. The Morgan fingerprint density at radius 3 is 1.48 bits per heavy atom. The SMILES string of the molecule is CCCCC/C=C\C/C=C\CCCCCCCCCC(=O)OC[C@H](COP(=O)(O)OC[C@H](N)C(=O)O)OC(=O)CCCCCCCCCCCCCCC. The van der Waals surface area contributed by atoms with Crippen molar-refractivity contribution in [3.63, 3.8) is 0 Å². The summed E-state index contributed by atoms with van der Waals surface area (Å²) >= 11 is 0. The van der Waals surface area contributed by atoms with Gasteiger partial charge in [-0.3, -0.25) is 23.4 Å². The summed E-state index contributed by atoms with van der Waals surface area (Å²) in [5.74, 6) is -2.38. The molecular formula is C42H78NO10P. The number of esters is 2. The van der Waals surface area contributed by atoms with Crippen molar-refractivity contribution in [2.75, 3.05) is 19.8 Å². The molecule has 54 heavy (non-hydrogen) atoms. The van der Waals surface area contributed by atoms with Crippen molar-refractivity contribution in [3.05, 3.63) is 24.3 Å². The average molecular weight is 788 g/mol. The number of aliphatic carboxylic acids is 1. The maximum absolute atomic E-state index is 12.6. The number of carbonyl (C=O) groups excluding carboxylic acids is 2. The zero-order valence-corrected chi connectivity index (χ0v) is 35.0. The molecule has 3 atom stereocenters. The molecule has 0 aliphatic rings. The van der Waals surface area contributed by atoms with Crippen LogP contribution in [0.25, 0.3) is 0 Å². The van der Waals surface area contributed by atoms with Crippen LogP contribution < -0.4 is 5.73 Å². The molecule has 0 rings (SSSR count). The van der Waals surface area contributed by atoms with E-state index in [2.05, 4.69) is 42.7 Å². The Morgan fingerprint density at radius 1 is 0.574 bits per heavy atom. The van der Waals surface area contributed by atoms with E-state index in [-0.39, 0.29) is 19.4 Å². The number of ether oxygens (including phenoxy) is 2. The first-order valence-electron chi connectivity index (χ1n) is 21.4. The van der Waals surface area contributed by atoms with Gasteiger partial charge >= 0.3 is 25.7 Å². The minimum atomic E-state index is -4.71. The first kappa shape index (κ1) is 52.0. The Labute approximate surface area is 328 Å². The second-order valence-electron chi connectivity index (χ2n) is 14.5. The van der Waals surface area contributed by atoms with Gasteiger partial charge in [0, 0.05) is 12.8 Å². The Balaban J connectivity index is 4.36. The summed E-state index contributed by atoms with van der Waals surface area (Å²) in [5.41, 5.74) is 5.33. The van der Waals surface area contributed by atoms with Crippen LogP contribution in [0.5, 0.6) is 0 Å². The van der Waals surface area contributed by atoms with Gasteiger partial charge < -0.3 is 25.2 Å².